The van der Waals surface area contributed by atoms with Crippen molar-refractivity contribution in [3.05, 3.63) is 48.2 Å². The van der Waals surface area contributed by atoms with Crippen LogP contribution in [0.2, 0.25) is 0 Å². The van der Waals surface area contributed by atoms with Gasteiger partial charge < -0.3 is 10.3 Å². The maximum Gasteiger partial charge on any atom is 0.418 e. The number of nitrogen functional groups attached to an aromatic ring is 1. The molecule has 0 saturated carbocycles. The van der Waals surface area contributed by atoms with Gasteiger partial charge in [-0.05, 0) is 17.7 Å². The van der Waals surface area contributed by atoms with Crippen LogP contribution in [0.15, 0.2) is 37.1 Å². The first-order valence-corrected chi connectivity index (χ1v) is 6.02. The Bertz CT molecular complexity index is 780. The van der Waals surface area contributed by atoms with Gasteiger partial charge in [0, 0.05) is 25.1 Å². The van der Waals surface area contributed by atoms with Crippen LogP contribution in [0, 0.1) is 0 Å². The molecule has 108 valence electrons. The molecule has 0 unspecified atom stereocenters. The molecule has 0 aliphatic rings. The molecule has 3 rings (SSSR count). The van der Waals surface area contributed by atoms with Crippen molar-refractivity contribution in [3.63, 3.8) is 0 Å². The van der Waals surface area contributed by atoms with Gasteiger partial charge in [-0.2, -0.15) is 13.2 Å². The quantitative estimate of drug-likeness (QED) is 0.788. The second kappa shape index (κ2) is 4.72. The van der Waals surface area contributed by atoms with Crippen LogP contribution in [0.3, 0.4) is 0 Å². The Balaban J connectivity index is 2.18. The Labute approximate surface area is 117 Å². The first-order valence-electron chi connectivity index (χ1n) is 6.02. The molecule has 3 heterocycles. The summed E-state index contributed by atoms with van der Waals surface area (Å²) in [6, 6.07) is 3.45. The summed E-state index contributed by atoms with van der Waals surface area (Å²) >= 11 is 0. The summed E-state index contributed by atoms with van der Waals surface area (Å²) in [5, 5.41) is -0.168. The summed E-state index contributed by atoms with van der Waals surface area (Å²) < 4.78 is 40.8. The van der Waals surface area contributed by atoms with E-state index >= 15 is 0 Å². The van der Waals surface area contributed by atoms with Crippen molar-refractivity contribution in [2.24, 2.45) is 0 Å². The van der Waals surface area contributed by atoms with E-state index in [0.717, 1.165) is 18.1 Å². The minimum absolute atomic E-state index is 0.159. The van der Waals surface area contributed by atoms with Crippen LogP contribution in [-0.2, 0) is 12.7 Å². The predicted molar refractivity (Wildman–Crippen MR) is 70.3 cm³/mol. The molecule has 0 bridgehead atoms. The van der Waals surface area contributed by atoms with Crippen molar-refractivity contribution in [2.75, 3.05) is 5.73 Å². The van der Waals surface area contributed by atoms with Gasteiger partial charge in [-0.1, -0.05) is 0 Å². The lowest BCUT2D eigenvalue weighted by molar-refractivity contribution is -0.136. The fraction of sp³-hybridized carbons (Fsp3) is 0.154. The molecule has 21 heavy (non-hydrogen) atoms. The highest BCUT2D eigenvalue weighted by Gasteiger charge is 2.36. The number of anilines is 1. The van der Waals surface area contributed by atoms with E-state index in [-0.39, 0.29) is 23.4 Å². The van der Waals surface area contributed by atoms with Gasteiger partial charge in [0.1, 0.15) is 17.8 Å². The van der Waals surface area contributed by atoms with E-state index in [1.165, 1.54) is 4.57 Å². The first-order chi connectivity index (χ1) is 9.97. The molecule has 3 aromatic rings. The molecular weight excluding hydrogens is 283 g/mol. The molecule has 5 nitrogen and oxygen atoms in total. The number of nitrogens with zero attached hydrogens (tertiary/aromatic N) is 4. The fourth-order valence-electron chi connectivity index (χ4n) is 2.17. The van der Waals surface area contributed by atoms with Gasteiger partial charge in [-0.3, -0.25) is 4.98 Å². The second-order valence-electron chi connectivity index (χ2n) is 4.48. The molecule has 0 spiro atoms. The van der Waals surface area contributed by atoms with Crippen molar-refractivity contribution in [1.82, 2.24) is 19.5 Å². The Morgan fingerprint density at radius 3 is 2.52 bits per heavy atom. The SMILES string of the molecule is Nc1ncnc2c1c(C(F)(F)F)cn2Cc1ccncc1. The highest BCUT2D eigenvalue weighted by atomic mass is 19.4. The van der Waals surface area contributed by atoms with Gasteiger partial charge in [-0.25, -0.2) is 9.97 Å². The lowest BCUT2D eigenvalue weighted by Crippen LogP contribution is -2.05. The molecule has 0 radical (unpaired) electrons. The van der Waals surface area contributed by atoms with Crippen molar-refractivity contribution in [2.45, 2.75) is 12.7 Å². The monoisotopic (exact) mass is 293 g/mol. The van der Waals surface area contributed by atoms with Gasteiger partial charge in [0.05, 0.1) is 10.9 Å². The van der Waals surface area contributed by atoms with Crippen LogP contribution in [0.1, 0.15) is 11.1 Å². The normalized spacial score (nSPS) is 12.0. The van der Waals surface area contributed by atoms with Gasteiger partial charge in [0.15, 0.2) is 0 Å². The molecule has 0 aliphatic carbocycles. The fourth-order valence-corrected chi connectivity index (χ4v) is 2.17. The molecule has 2 N–H and O–H groups in total. The van der Waals surface area contributed by atoms with Crippen LogP contribution >= 0.6 is 0 Å². The molecule has 0 aliphatic heterocycles. The number of hydrogen-bond donors (Lipinski definition) is 1. The van der Waals surface area contributed by atoms with E-state index in [9.17, 15) is 13.2 Å². The van der Waals surface area contributed by atoms with E-state index in [1.54, 1.807) is 24.5 Å². The van der Waals surface area contributed by atoms with Gasteiger partial charge >= 0.3 is 6.18 Å². The van der Waals surface area contributed by atoms with Crippen LogP contribution < -0.4 is 5.73 Å². The highest BCUT2D eigenvalue weighted by molar-refractivity contribution is 5.90. The van der Waals surface area contributed by atoms with E-state index in [1.807, 2.05) is 0 Å². The smallest absolute Gasteiger partial charge is 0.383 e. The zero-order valence-corrected chi connectivity index (χ0v) is 10.7. The van der Waals surface area contributed by atoms with E-state index < -0.39 is 11.7 Å². The molecule has 0 aromatic carbocycles. The Morgan fingerprint density at radius 2 is 1.86 bits per heavy atom. The average molecular weight is 293 g/mol. The summed E-state index contributed by atoms with van der Waals surface area (Å²) in [7, 11) is 0. The number of pyridine rings is 1. The molecule has 0 atom stereocenters. The van der Waals surface area contributed by atoms with E-state index in [4.69, 9.17) is 5.73 Å². The van der Waals surface area contributed by atoms with Crippen molar-refractivity contribution < 1.29 is 13.2 Å². The minimum Gasteiger partial charge on any atom is -0.383 e. The molecule has 0 fully saturated rings. The van der Waals surface area contributed by atoms with Gasteiger partial charge in [0.2, 0.25) is 0 Å². The minimum atomic E-state index is -4.51. The third kappa shape index (κ3) is 2.39. The van der Waals surface area contributed by atoms with E-state index in [2.05, 4.69) is 15.0 Å². The third-order valence-corrected chi connectivity index (χ3v) is 3.09. The summed E-state index contributed by atoms with van der Waals surface area (Å²) in [4.78, 5) is 11.4. The number of alkyl halides is 3. The average Bonchev–Trinajstić information content (AvgIpc) is 2.80. The van der Waals surface area contributed by atoms with Crippen LogP contribution in [0.25, 0.3) is 11.0 Å². The largest absolute Gasteiger partial charge is 0.418 e. The number of nitrogens with two attached hydrogens (primary N) is 1. The van der Waals surface area contributed by atoms with Crippen LogP contribution in [-0.4, -0.2) is 19.5 Å². The zero-order valence-electron chi connectivity index (χ0n) is 10.7. The second-order valence-corrected chi connectivity index (χ2v) is 4.48. The van der Waals surface area contributed by atoms with Crippen LogP contribution in [0.5, 0.6) is 0 Å². The number of halogens is 3. The number of rotatable bonds is 2. The Hall–Kier alpha value is -2.64. The molecule has 8 heteroatoms. The topological polar surface area (TPSA) is 69.6 Å². The van der Waals surface area contributed by atoms with Gasteiger partial charge in [-0.15, -0.1) is 0 Å². The maximum atomic E-state index is 13.1. The van der Waals surface area contributed by atoms with Crippen molar-refractivity contribution in [3.8, 4) is 0 Å². The summed E-state index contributed by atoms with van der Waals surface area (Å²) in [6.07, 6.45) is 0.807. The summed E-state index contributed by atoms with van der Waals surface area (Å²) in [5.41, 5.74) is 5.73. The van der Waals surface area contributed by atoms with Gasteiger partial charge in [0.25, 0.3) is 0 Å². The number of aromatic nitrogens is 4. The highest BCUT2D eigenvalue weighted by Crippen LogP contribution is 2.37. The Kier molecular flexibility index (Phi) is 3.00. The standard InChI is InChI=1S/C13H10F3N5/c14-13(15,16)9-6-21(5-8-1-3-18-4-2-8)12-10(9)11(17)19-7-20-12/h1-4,6-7H,5H2,(H2,17,19,20). The summed E-state index contributed by atoms with van der Waals surface area (Å²) in [5.74, 6) is -0.180. The Morgan fingerprint density at radius 1 is 1.14 bits per heavy atom. The third-order valence-electron chi connectivity index (χ3n) is 3.09. The van der Waals surface area contributed by atoms with E-state index in [0.29, 0.717) is 0 Å². The summed E-state index contributed by atoms with van der Waals surface area (Å²) in [6.45, 7) is 0.242. The predicted octanol–water partition coefficient (Wildman–Crippen LogP) is 2.48. The maximum absolute atomic E-state index is 13.1. The van der Waals surface area contributed by atoms with Crippen molar-refractivity contribution >= 4 is 16.9 Å². The number of fused-ring (bicyclic) bond motifs is 1. The van der Waals surface area contributed by atoms with Crippen LogP contribution in [0.4, 0.5) is 19.0 Å². The molecule has 0 amide bonds. The molecule has 0 saturated heterocycles. The molecule has 3 aromatic heterocycles. The lowest BCUT2D eigenvalue weighted by Gasteiger charge is -2.04. The number of hydrogen-bond acceptors (Lipinski definition) is 4. The van der Waals surface area contributed by atoms with Crippen molar-refractivity contribution in [1.29, 1.82) is 0 Å². The molecular formula is C13H10F3N5. The zero-order chi connectivity index (χ0) is 15.0. The first kappa shape index (κ1) is 13.3. The lowest BCUT2D eigenvalue weighted by atomic mass is 10.2.